The van der Waals surface area contributed by atoms with Crippen molar-refractivity contribution in [1.29, 1.82) is 0 Å². The molecule has 0 saturated heterocycles. The van der Waals surface area contributed by atoms with E-state index in [1.807, 2.05) is 6.07 Å². The van der Waals surface area contributed by atoms with E-state index in [9.17, 15) is 4.79 Å². The SMILES string of the molecule is CCOC(=O)c1cc2cccc(Cl)c2nc1N. The maximum Gasteiger partial charge on any atom is 0.341 e. The van der Waals surface area contributed by atoms with Gasteiger partial charge in [0.2, 0.25) is 0 Å². The minimum Gasteiger partial charge on any atom is -0.462 e. The molecule has 0 amide bonds. The van der Waals surface area contributed by atoms with Gasteiger partial charge in [-0.15, -0.1) is 0 Å². The standard InChI is InChI=1S/C12H11ClN2O2/c1-2-17-12(16)8-6-7-4-3-5-9(13)10(7)15-11(8)14/h3-6H,2H2,1H3,(H2,14,15). The van der Waals surface area contributed by atoms with Crippen molar-refractivity contribution in [3.05, 3.63) is 34.9 Å². The van der Waals surface area contributed by atoms with E-state index in [4.69, 9.17) is 22.1 Å². The van der Waals surface area contributed by atoms with Crippen LogP contribution in [-0.4, -0.2) is 17.6 Å². The van der Waals surface area contributed by atoms with E-state index in [-0.39, 0.29) is 11.4 Å². The zero-order valence-electron chi connectivity index (χ0n) is 9.24. The Kier molecular flexibility index (Phi) is 3.15. The molecule has 0 fully saturated rings. The van der Waals surface area contributed by atoms with Crippen LogP contribution in [-0.2, 0) is 4.74 Å². The van der Waals surface area contributed by atoms with Crippen LogP contribution in [0.15, 0.2) is 24.3 Å². The lowest BCUT2D eigenvalue weighted by Crippen LogP contribution is -2.09. The average molecular weight is 251 g/mol. The van der Waals surface area contributed by atoms with Crippen LogP contribution in [0.5, 0.6) is 0 Å². The molecule has 0 aliphatic carbocycles. The summed E-state index contributed by atoms with van der Waals surface area (Å²) in [4.78, 5) is 15.7. The largest absolute Gasteiger partial charge is 0.462 e. The summed E-state index contributed by atoms with van der Waals surface area (Å²) in [7, 11) is 0. The van der Waals surface area contributed by atoms with Gasteiger partial charge in [-0.05, 0) is 19.1 Å². The van der Waals surface area contributed by atoms with Crippen molar-refractivity contribution >= 4 is 34.3 Å². The number of hydrogen-bond acceptors (Lipinski definition) is 4. The molecule has 1 aromatic carbocycles. The van der Waals surface area contributed by atoms with Crippen molar-refractivity contribution in [1.82, 2.24) is 4.98 Å². The molecule has 0 unspecified atom stereocenters. The van der Waals surface area contributed by atoms with Crippen molar-refractivity contribution in [2.75, 3.05) is 12.3 Å². The first kappa shape index (κ1) is 11.7. The number of anilines is 1. The molecule has 5 heteroatoms. The fourth-order valence-electron chi connectivity index (χ4n) is 1.55. The highest BCUT2D eigenvalue weighted by Crippen LogP contribution is 2.25. The van der Waals surface area contributed by atoms with E-state index < -0.39 is 5.97 Å². The first-order valence-corrected chi connectivity index (χ1v) is 5.53. The van der Waals surface area contributed by atoms with Gasteiger partial charge in [0.25, 0.3) is 0 Å². The number of ether oxygens (including phenoxy) is 1. The molecule has 0 saturated carbocycles. The van der Waals surface area contributed by atoms with Crippen LogP contribution >= 0.6 is 11.6 Å². The van der Waals surface area contributed by atoms with Crippen LogP contribution in [0.2, 0.25) is 5.02 Å². The number of rotatable bonds is 2. The molecule has 1 aromatic heterocycles. The fourth-order valence-corrected chi connectivity index (χ4v) is 1.77. The number of halogens is 1. The van der Waals surface area contributed by atoms with Gasteiger partial charge in [0.15, 0.2) is 0 Å². The Hall–Kier alpha value is -1.81. The number of hydrogen-bond donors (Lipinski definition) is 1. The van der Waals surface area contributed by atoms with Crippen LogP contribution in [0.1, 0.15) is 17.3 Å². The average Bonchev–Trinajstić information content (AvgIpc) is 2.30. The lowest BCUT2D eigenvalue weighted by Gasteiger charge is -2.07. The Bertz CT molecular complexity index is 584. The number of carbonyl (C=O) groups excluding carboxylic acids is 1. The van der Waals surface area contributed by atoms with Crippen molar-refractivity contribution in [3.8, 4) is 0 Å². The molecule has 0 radical (unpaired) electrons. The summed E-state index contributed by atoms with van der Waals surface area (Å²) in [5.74, 6) is -0.344. The van der Waals surface area contributed by atoms with E-state index in [0.29, 0.717) is 17.1 Å². The quantitative estimate of drug-likeness (QED) is 0.832. The Morgan fingerprint density at radius 3 is 3.00 bits per heavy atom. The maximum atomic E-state index is 11.6. The van der Waals surface area contributed by atoms with E-state index in [0.717, 1.165) is 5.39 Å². The molecule has 2 aromatic rings. The Morgan fingerprint density at radius 1 is 1.53 bits per heavy atom. The van der Waals surface area contributed by atoms with Crippen LogP contribution < -0.4 is 5.73 Å². The van der Waals surface area contributed by atoms with Crippen LogP contribution in [0.25, 0.3) is 10.9 Å². The third kappa shape index (κ3) is 2.17. The van der Waals surface area contributed by atoms with Gasteiger partial charge in [-0.2, -0.15) is 0 Å². The molecule has 2 rings (SSSR count). The zero-order chi connectivity index (χ0) is 12.4. The molecule has 17 heavy (non-hydrogen) atoms. The predicted octanol–water partition coefficient (Wildman–Crippen LogP) is 2.65. The second kappa shape index (κ2) is 4.59. The highest BCUT2D eigenvalue weighted by atomic mass is 35.5. The van der Waals surface area contributed by atoms with Crippen molar-refractivity contribution < 1.29 is 9.53 Å². The topological polar surface area (TPSA) is 65.2 Å². The van der Waals surface area contributed by atoms with Crippen molar-refractivity contribution in [3.63, 3.8) is 0 Å². The minimum absolute atomic E-state index is 0.129. The summed E-state index contributed by atoms with van der Waals surface area (Å²) in [5, 5.41) is 1.26. The number of fused-ring (bicyclic) bond motifs is 1. The summed E-state index contributed by atoms with van der Waals surface area (Å²) >= 11 is 5.99. The lowest BCUT2D eigenvalue weighted by molar-refractivity contribution is 0.0527. The summed E-state index contributed by atoms with van der Waals surface area (Å²) in [6.45, 7) is 2.03. The molecular weight excluding hydrogens is 240 g/mol. The van der Waals surface area contributed by atoms with E-state index >= 15 is 0 Å². The predicted molar refractivity (Wildman–Crippen MR) is 67.1 cm³/mol. The molecule has 2 N–H and O–H groups in total. The minimum atomic E-state index is -0.473. The maximum absolute atomic E-state index is 11.6. The van der Waals surface area contributed by atoms with Gasteiger partial charge in [0, 0.05) is 5.39 Å². The van der Waals surface area contributed by atoms with Gasteiger partial charge in [-0.3, -0.25) is 0 Å². The molecule has 0 atom stereocenters. The van der Waals surface area contributed by atoms with Crippen LogP contribution in [0.3, 0.4) is 0 Å². The summed E-state index contributed by atoms with van der Waals surface area (Å²) in [6.07, 6.45) is 0. The number of esters is 1. The normalized spacial score (nSPS) is 10.5. The molecule has 0 bridgehead atoms. The monoisotopic (exact) mass is 250 g/mol. The van der Waals surface area contributed by atoms with Crippen LogP contribution in [0.4, 0.5) is 5.82 Å². The van der Waals surface area contributed by atoms with Crippen molar-refractivity contribution in [2.45, 2.75) is 6.92 Å². The number of nitrogen functional groups attached to an aromatic ring is 1. The van der Waals surface area contributed by atoms with Gasteiger partial charge in [0.05, 0.1) is 17.1 Å². The molecule has 0 aliphatic rings. The summed E-state index contributed by atoms with van der Waals surface area (Å²) in [6, 6.07) is 6.97. The van der Waals surface area contributed by atoms with Gasteiger partial charge < -0.3 is 10.5 Å². The summed E-state index contributed by atoms with van der Waals surface area (Å²) in [5.41, 5.74) is 6.56. The van der Waals surface area contributed by atoms with Crippen LogP contribution in [0, 0.1) is 0 Å². The lowest BCUT2D eigenvalue weighted by atomic mass is 10.1. The highest BCUT2D eigenvalue weighted by Gasteiger charge is 2.14. The molecular formula is C12H11ClN2O2. The molecule has 1 heterocycles. The number of nitrogens with zero attached hydrogens (tertiary/aromatic N) is 1. The smallest absolute Gasteiger partial charge is 0.341 e. The van der Waals surface area contributed by atoms with Gasteiger partial charge >= 0.3 is 5.97 Å². The Morgan fingerprint density at radius 2 is 2.29 bits per heavy atom. The highest BCUT2D eigenvalue weighted by molar-refractivity contribution is 6.35. The molecule has 88 valence electrons. The Labute approximate surface area is 103 Å². The first-order valence-electron chi connectivity index (χ1n) is 5.15. The Balaban J connectivity index is 2.60. The van der Waals surface area contributed by atoms with Gasteiger partial charge in [-0.25, -0.2) is 9.78 Å². The third-order valence-electron chi connectivity index (χ3n) is 2.32. The van der Waals surface area contributed by atoms with Gasteiger partial charge in [-0.1, -0.05) is 23.7 Å². The summed E-state index contributed by atoms with van der Waals surface area (Å²) < 4.78 is 4.90. The third-order valence-corrected chi connectivity index (χ3v) is 2.63. The number of nitrogens with two attached hydrogens (primary N) is 1. The number of aromatic nitrogens is 1. The number of pyridine rings is 1. The van der Waals surface area contributed by atoms with Crippen molar-refractivity contribution in [2.24, 2.45) is 0 Å². The number of carbonyl (C=O) groups is 1. The van der Waals surface area contributed by atoms with Gasteiger partial charge in [0.1, 0.15) is 11.4 Å². The first-order chi connectivity index (χ1) is 8.13. The second-order valence-corrected chi connectivity index (χ2v) is 3.86. The van der Waals surface area contributed by atoms with E-state index in [2.05, 4.69) is 4.98 Å². The van der Waals surface area contributed by atoms with E-state index in [1.54, 1.807) is 25.1 Å². The fraction of sp³-hybridized carbons (Fsp3) is 0.167. The second-order valence-electron chi connectivity index (χ2n) is 3.45. The zero-order valence-corrected chi connectivity index (χ0v) is 9.99. The molecule has 4 nitrogen and oxygen atoms in total. The number of benzene rings is 1. The number of para-hydroxylation sites is 1. The van der Waals surface area contributed by atoms with E-state index in [1.165, 1.54) is 0 Å². The molecule has 0 spiro atoms. The molecule has 0 aliphatic heterocycles.